The van der Waals surface area contributed by atoms with Crippen molar-refractivity contribution in [3.8, 4) is 0 Å². The van der Waals surface area contributed by atoms with Crippen LogP contribution < -0.4 is 0 Å². The van der Waals surface area contributed by atoms with E-state index in [0.29, 0.717) is 18.3 Å². The molecule has 0 amide bonds. The van der Waals surface area contributed by atoms with Crippen molar-refractivity contribution in [1.29, 1.82) is 0 Å². The van der Waals surface area contributed by atoms with Crippen LogP contribution in [0.25, 0.3) is 0 Å². The zero-order valence-electron chi connectivity index (χ0n) is 14.4. The van der Waals surface area contributed by atoms with Crippen molar-refractivity contribution < 1.29 is 14.2 Å². The minimum absolute atomic E-state index is 0.0894. The molecule has 3 heterocycles. The Morgan fingerprint density at radius 1 is 1.05 bits per heavy atom. The molecule has 4 heteroatoms. The molecule has 0 saturated carbocycles. The van der Waals surface area contributed by atoms with Crippen molar-refractivity contribution in [2.45, 2.75) is 82.7 Å². The summed E-state index contributed by atoms with van der Waals surface area (Å²) in [4.78, 5) is 2.56. The predicted octanol–water partition coefficient (Wildman–Crippen LogP) is 2.99. The third-order valence-electron chi connectivity index (χ3n) is 5.34. The topological polar surface area (TPSA) is 30.9 Å². The SMILES string of the molecule is CC1(C)CCC(CN2CCC(OCC3CCCCO3)CC2)O1. The molecule has 0 bridgehead atoms. The summed E-state index contributed by atoms with van der Waals surface area (Å²) in [6, 6.07) is 0. The van der Waals surface area contributed by atoms with Crippen LogP contribution in [0.15, 0.2) is 0 Å². The number of rotatable bonds is 5. The Labute approximate surface area is 135 Å². The average molecular weight is 311 g/mol. The van der Waals surface area contributed by atoms with E-state index < -0.39 is 0 Å². The van der Waals surface area contributed by atoms with E-state index in [2.05, 4.69) is 18.7 Å². The van der Waals surface area contributed by atoms with Crippen LogP contribution in [0.2, 0.25) is 0 Å². The first-order chi connectivity index (χ1) is 10.6. The highest BCUT2D eigenvalue weighted by atomic mass is 16.5. The van der Waals surface area contributed by atoms with Gasteiger partial charge in [0, 0.05) is 26.2 Å². The lowest BCUT2D eigenvalue weighted by Crippen LogP contribution is -2.42. The quantitative estimate of drug-likeness (QED) is 0.781. The van der Waals surface area contributed by atoms with E-state index in [-0.39, 0.29) is 5.60 Å². The van der Waals surface area contributed by atoms with E-state index in [1.807, 2.05) is 0 Å². The first-order valence-corrected chi connectivity index (χ1v) is 9.24. The van der Waals surface area contributed by atoms with Gasteiger partial charge in [0.1, 0.15) is 0 Å². The molecule has 3 saturated heterocycles. The molecule has 0 spiro atoms. The maximum absolute atomic E-state index is 6.12. The monoisotopic (exact) mass is 311 g/mol. The van der Waals surface area contributed by atoms with Gasteiger partial charge in [0.15, 0.2) is 0 Å². The number of nitrogens with zero attached hydrogens (tertiary/aromatic N) is 1. The number of piperidine rings is 1. The molecule has 0 aliphatic carbocycles. The molecule has 2 unspecified atom stereocenters. The lowest BCUT2D eigenvalue weighted by atomic mass is 10.0. The van der Waals surface area contributed by atoms with Crippen molar-refractivity contribution in [1.82, 2.24) is 4.90 Å². The van der Waals surface area contributed by atoms with Gasteiger partial charge in [-0.25, -0.2) is 0 Å². The molecule has 2 atom stereocenters. The van der Waals surface area contributed by atoms with Gasteiger partial charge < -0.3 is 19.1 Å². The van der Waals surface area contributed by atoms with Gasteiger partial charge >= 0.3 is 0 Å². The summed E-state index contributed by atoms with van der Waals surface area (Å²) in [5, 5.41) is 0. The van der Waals surface area contributed by atoms with E-state index in [1.54, 1.807) is 0 Å². The Morgan fingerprint density at radius 2 is 1.86 bits per heavy atom. The van der Waals surface area contributed by atoms with Crippen molar-refractivity contribution >= 4 is 0 Å². The van der Waals surface area contributed by atoms with Crippen LogP contribution in [-0.2, 0) is 14.2 Å². The number of hydrogen-bond acceptors (Lipinski definition) is 4. The van der Waals surface area contributed by atoms with Crippen molar-refractivity contribution in [2.75, 3.05) is 32.8 Å². The first-order valence-electron chi connectivity index (χ1n) is 9.24. The van der Waals surface area contributed by atoms with Crippen LogP contribution in [0.4, 0.5) is 0 Å². The van der Waals surface area contributed by atoms with Gasteiger partial charge in [-0.1, -0.05) is 0 Å². The summed E-state index contributed by atoms with van der Waals surface area (Å²) in [5.74, 6) is 0. The first kappa shape index (κ1) is 16.7. The highest BCUT2D eigenvalue weighted by Crippen LogP contribution is 2.30. The zero-order valence-corrected chi connectivity index (χ0v) is 14.4. The molecule has 128 valence electrons. The Bertz CT molecular complexity index is 333. The molecule has 0 aromatic rings. The minimum atomic E-state index is 0.0894. The fourth-order valence-corrected chi connectivity index (χ4v) is 3.93. The summed E-state index contributed by atoms with van der Waals surface area (Å²) in [6.45, 7) is 9.53. The Morgan fingerprint density at radius 3 is 2.50 bits per heavy atom. The summed E-state index contributed by atoms with van der Waals surface area (Å²) in [6.07, 6.45) is 9.62. The van der Waals surface area contributed by atoms with Gasteiger partial charge in [-0.05, 0) is 58.8 Å². The van der Waals surface area contributed by atoms with Gasteiger partial charge in [-0.3, -0.25) is 0 Å². The molecule has 3 fully saturated rings. The highest BCUT2D eigenvalue weighted by molar-refractivity contribution is 4.84. The van der Waals surface area contributed by atoms with Gasteiger partial charge in [-0.15, -0.1) is 0 Å². The molecule has 0 N–H and O–H groups in total. The molecule has 4 nitrogen and oxygen atoms in total. The normalized spacial score (nSPS) is 34.1. The maximum Gasteiger partial charge on any atom is 0.0808 e. The Kier molecular flexibility index (Phi) is 5.77. The molecule has 3 aliphatic rings. The van der Waals surface area contributed by atoms with Crippen LogP contribution in [0.3, 0.4) is 0 Å². The van der Waals surface area contributed by atoms with E-state index in [9.17, 15) is 0 Å². The van der Waals surface area contributed by atoms with Crippen LogP contribution in [0.5, 0.6) is 0 Å². The minimum Gasteiger partial charge on any atom is -0.376 e. The van der Waals surface area contributed by atoms with E-state index in [4.69, 9.17) is 14.2 Å². The molecule has 22 heavy (non-hydrogen) atoms. The fourth-order valence-electron chi connectivity index (χ4n) is 3.93. The predicted molar refractivity (Wildman–Crippen MR) is 87.2 cm³/mol. The summed E-state index contributed by atoms with van der Waals surface area (Å²) >= 11 is 0. The second-order valence-electron chi connectivity index (χ2n) is 7.86. The third-order valence-corrected chi connectivity index (χ3v) is 5.34. The maximum atomic E-state index is 6.12. The van der Waals surface area contributed by atoms with Crippen molar-refractivity contribution in [3.63, 3.8) is 0 Å². The van der Waals surface area contributed by atoms with Gasteiger partial charge in [-0.2, -0.15) is 0 Å². The van der Waals surface area contributed by atoms with Crippen molar-refractivity contribution in [3.05, 3.63) is 0 Å². The molecule has 0 aromatic heterocycles. The van der Waals surface area contributed by atoms with Gasteiger partial charge in [0.25, 0.3) is 0 Å². The second-order valence-corrected chi connectivity index (χ2v) is 7.86. The zero-order chi connectivity index (χ0) is 15.4. The molecule has 0 aromatic carbocycles. The van der Waals surface area contributed by atoms with E-state index in [1.165, 1.54) is 32.1 Å². The number of ether oxygens (including phenoxy) is 3. The summed E-state index contributed by atoms with van der Waals surface area (Å²) in [7, 11) is 0. The summed E-state index contributed by atoms with van der Waals surface area (Å²) < 4.78 is 18.0. The standard InChI is InChI=1S/C18H33NO3/c1-18(2)9-6-16(22-18)13-19-10-7-15(8-11-19)21-14-17-5-3-4-12-20-17/h15-17H,3-14H2,1-2H3. The summed E-state index contributed by atoms with van der Waals surface area (Å²) in [5.41, 5.74) is 0.0894. The van der Waals surface area contributed by atoms with E-state index in [0.717, 1.165) is 45.7 Å². The lowest BCUT2D eigenvalue weighted by Gasteiger charge is -2.34. The van der Waals surface area contributed by atoms with Crippen LogP contribution in [-0.4, -0.2) is 61.7 Å². The molecule has 3 rings (SSSR count). The molecule has 0 radical (unpaired) electrons. The molecule has 3 aliphatic heterocycles. The second kappa shape index (κ2) is 7.61. The molecular weight excluding hydrogens is 278 g/mol. The Hall–Kier alpha value is -0.160. The largest absolute Gasteiger partial charge is 0.376 e. The smallest absolute Gasteiger partial charge is 0.0808 e. The van der Waals surface area contributed by atoms with Crippen LogP contribution in [0.1, 0.15) is 58.8 Å². The number of hydrogen-bond donors (Lipinski definition) is 0. The fraction of sp³-hybridized carbons (Fsp3) is 1.00. The Balaban J connectivity index is 1.30. The van der Waals surface area contributed by atoms with Gasteiger partial charge in [0.2, 0.25) is 0 Å². The van der Waals surface area contributed by atoms with Crippen LogP contribution >= 0.6 is 0 Å². The highest BCUT2D eigenvalue weighted by Gasteiger charge is 2.33. The van der Waals surface area contributed by atoms with Crippen LogP contribution in [0, 0.1) is 0 Å². The molecular formula is C18H33NO3. The lowest BCUT2D eigenvalue weighted by molar-refractivity contribution is -0.0795. The van der Waals surface area contributed by atoms with Gasteiger partial charge in [0.05, 0.1) is 30.5 Å². The van der Waals surface area contributed by atoms with Crippen molar-refractivity contribution in [2.24, 2.45) is 0 Å². The average Bonchev–Trinajstić information content (AvgIpc) is 2.86. The van der Waals surface area contributed by atoms with E-state index >= 15 is 0 Å². The third kappa shape index (κ3) is 4.92. The number of likely N-dealkylation sites (tertiary alicyclic amines) is 1.